The van der Waals surface area contributed by atoms with Crippen LogP contribution in [-0.2, 0) is 20.7 Å². The summed E-state index contributed by atoms with van der Waals surface area (Å²) >= 11 is 0. The van der Waals surface area contributed by atoms with E-state index in [-0.39, 0.29) is 11.3 Å². The highest BCUT2D eigenvalue weighted by molar-refractivity contribution is 7.86. The first kappa shape index (κ1) is 23.9. The molecule has 7 nitrogen and oxygen atoms in total. The number of halogens is 1. The Labute approximate surface area is 197 Å². The van der Waals surface area contributed by atoms with E-state index >= 15 is 0 Å². The van der Waals surface area contributed by atoms with Crippen LogP contribution in [0.25, 0.3) is 10.4 Å². The number of hydrogen-bond acceptors (Lipinski definition) is 5. The molecule has 0 saturated carbocycles. The predicted molar refractivity (Wildman–Crippen MR) is 125 cm³/mol. The summed E-state index contributed by atoms with van der Waals surface area (Å²) in [6.07, 6.45) is -0.599. The first-order valence-corrected chi connectivity index (χ1v) is 12.2. The number of aryl methyl sites for hydroxylation is 1. The minimum atomic E-state index is -4.05. The Balaban J connectivity index is 1.62. The third-order valence-corrected chi connectivity index (χ3v) is 7.37. The number of hydrogen-bond donors (Lipinski definition) is 1. The van der Waals surface area contributed by atoms with Gasteiger partial charge in [-0.05, 0) is 77.7 Å². The molecule has 1 N–H and O–H groups in total. The quantitative estimate of drug-likeness (QED) is 0.213. The van der Waals surface area contributed by atoms with Crippen molar-refractivity contribution in [2.75, 3.05) is 6.61 Å². The molecule has 0 amide bonds. The maximum Gasteiger partial charge on any atom is 0.297 e. The second kappa shape index (κ2) is 9.95. The van der Waals surface area contributed by atoms with Gasteiger partial charge in [0.25, 0.3) is 10.1 Å². The Kier molecular flexibility index (Phi) is 7.00. The number of nitrogens with zero attached hydrogens (tertiary/aromatic N) is 3. The summed E-state index contributed by atoms with van der Waals surface area (Å²) in [6, 6.07) is 17.4. The number of benzene rings is 3. The lowest BCUT2D eigenvalue weighted by Gasteiger charge is -2.26. The first-order valence-electron chi connectivity index (χ1n) is 10.8. The summed E-state index contributed by atoms with van der Waals surface area (Å²) in [5.41, 5.74) is 13.4. The van der Waals surface area contributed by atoms with Crippen LogP contribution in [0.15, 0.2) is 76.7 Å². The Morgan fingerprint density at radius 3 is 2.56 bits per heavy atom. The SMILES string of the molecule is Cc1ccc(S(=O)(=O)OC[C@H](O)C[C@@H]2c3ccccc3Cc3ccc(F)cc3[C@H]2N=[N+]=[N-])cc1. The van der Waals surface area contributed by atoms with Crippen molar-refractivity contribution in [1.82, 2.24) is 0 Å². The van der Waals surface area contributed by atoms with Crippen LogP contribution in [-0.4, -0.2) is 26.2 Å². The Morgan fingerprint density at radius 1 is 1.12 bits per heavy atom. The van der Waals surface area contributed by atoms with Crippen molar-refractivity contribution < 1.29 is 22.1 Å². The molecule has 3 aromatic rings. The summed E-state index contributed by atoms with van der Waals surface area (Å²) < 4.78 is 44.3. The molecular weight excluding hydrogens is 457 g/mol. The number of aliphatic hydroxyl groups excluding tert-OH is 1. The van der Waals surface area contributed by atoms with Crippen LogP contribution in [0.3, 0.4) is 0 Å². The molecule has 0 saturated heterocycles. The molecule has 0 radical (unpaired) electrons. The number of aliphatic hydroxyl groups is 1. The minimum Gasteiger partial charge on any atom is -0.391 e. The fourth-order valence-electron chi connectivity index (χ4n) is 4.41. The van der Waals surface area contributed by atoms with Gasteiger partial charge in [0, 0.05) is 4.91 Å². The third-order valence-electron chi connectivity index (χ3n) is 6.07. The van der Waals surface area contributed by atoms with Gasteiger partial charge in [0.05, 0.1) is 23.6 Å². The highest BCUT2D eigenvalue weighted by Crippen LogP contribution is 2.44. The number of rotatable bonds is 7. The van der Waals surface area contributed by atoms with Gasteiger partial charge in [-0.15, -0.1) is 0 Å². The van der Waals surface area contributed by atoms with Crippen LogP contribution in [0.1, 0.15) is 46.2 Å². The number of fused-ring (bicyclic) bond motifs is 2. The lowest BCUT2D eigenvalue weighted by molar-refractivity contribution is 0.0935. The van der Waals surface area contributed by atoms with Gasteiger partial charge in [-0.2, -0.15) is 8.42 Å². The fourth-order valence-corrected chi connectivity index (χ4v) is 5.35. The summed E-state index contributed by atoms with van der Waals surface area (Å²) in [5, 5.41) is 14.7. The molecule has 0 spiro atoms. The first-order chi connectivity index (χ1) is 16.3. The van der Waals surface area contributed by atoms with Crippen molar-refractivity contribution in [2.24, 2.45) is 5.11 Å². The van der Waals surface area contributed by atoms with Crippen LogP contribution < -0.4 is 0 Å². The maximum absolute atomic E-state index is 14.1. The van der Waals surface area contributed by atoms with Crippen molar-refractivity contribution in [2.45, 2.75) is 42.7 Å². The molecule has 9 heteroatoms. The summed E-state index contributed by atoms with van der Waals surface area (Å²) in [4.78, 5) is 2.99. The van der Waals surface area contributed by atoms with Crippen molar-refractivity contribution in [3.05, 3.63) is 111 Å². The van der Waals surface area contributed by atoms with E-state index in [4.69, 9.17) is 4.18 Å². The minimum absolute atomic E-state index is 0.00136. The molecule has 0 aliphatic heterocycles. The van der Waals surface area contributed by atoms with E-state index in [1.165, 1.54) is 24.3 Å². The molecule has 1 aliphatic rings. The van der Waals surface area contributed by atoms with Crippen LogP contribution in [0.2, 0.25) is 0 Å². The summed E-state index contributed by atoms with van der Waals surface area (Å²) in [6.45, 7) is 1.38. The summed E-state index contributed by atoms with van der Waals surface area (Å²) in [7, 11) is -4.05. The number of azide groups is 1. The molecule has 1 aliphatic carbocycles. The third kappa shape index (κ3) is 5.13. The van der Waals surface area contributed by atoms with E-state index in [0.29, 0.717) is 12.0 Å². The maximum atomic E-state index is 14.1. The van der Waals surface area contributed by atoms with Gasteiger partial charge in [-0.1, -0.05) is 53.1 Å². The monoisotopic (exact) mass is 481 g/mol. The van der Waals surface area contributed by atoms with E-state index < -0.39 is 40.6 Å². The van der Waals surface area contributed by atoms with E-state index in [1.807, 2.05) is 31.2 Å². The van der Waals surface area contributed by atoms with Gasteiger partial charge >= 0.3 is 0 Å². The van der Waals surface area contributed by atoms with E-state index in [2.05, 4.69) is 10.0 Å². The average molecular weight is 482 g/mol. The van der Waals surface area contributed by atoms with Crippen molar-refractivity contribution in [3.63, 3.8) is 0 Å². The molecule has 0 heterocycles. The van der Waals surface area contributed by atoms with Gasteiger partial charge in [0.15, 0.2) is 0 Å². The van der Waals surface area contributed by atoms with Gasteiger partial charge in [-0.25, -0.2) is 4.39 Å². The Bertz CT molecular complexity index is 1340. The van der Waals surface area contributed by atoms with E-state index in [9.17, 15) is 23.4 Å². The van der Waals surface area contributed by atoms with Crippen molar-refractivity contribution in [1.29, 1.82) is 0 Å². The second-order valence-electron chi connectivity index (χ2n) is 8.42. The van der Waals surface area contributed by atoms with Gasteiger partial charge < -0.3 is 5.11 Å². The van der Waals surface area contributed by atoms with Crippen LogP contribution in [0.5, 0.6) is 0 Å². The van der Waals surface area contributed by atoms with Gasteiger partial charge in [-0.3, -0.25) is 4.18 Å². The van der Waals surface area contributed by atoms with Crippen LogP contribution in [0.4, 0.5) is 4.39 Å². The van der Waals surface area contributed by atoms with Crippen LogP contribution in [0, 0.1) is 12.7 Å². The zero-order chi connectivity index (χ0) is 24.3. The lowest BCUT2D eigenvalue weighted by Crippen LogP contribution is -2.23. The zero-order valence-corrected chi connectivity index (χ0v) is 19.3. The zero-order valence-electron chi connectivity index (χ0n) is 18.5. The molecule has 34 heavy (non-hydrogen) atoms. The highest BCUT2D eigenvalue weighted by atomic mass is 32.2. The molecule has 0 bridgehead atoms. The van der Waals surface area contributed by atoms with E-state index in [0.717, 1.165) is 22.3 Å². The molecule has 4 rings (SSSR count). The fraction of sp³-hybridized carbons (Fsp3) is 0.280. The molecule has 0 fully saturated rings. The summed E-state index contributed by atoms with van der Waals surface area (Å²) in [5.74, 6) is -0.953. The lowest BCUT2D eigenvalue weighted by atomic mass is 9.83. The van der Waals surface area contributed by atoms with Crippen molar-refractivity contribution >= 4 is 10.1 Å². The normalized spacial score (nSPS) is 18.2. The molecule has 3 aromatic carbocycles. The predicted octanol–water partition coefficient (Wildman–Crippen LogP) is 5.33. The Morgan fingerprint density at radius 2 is 1.82 bits per heavy atom. The molecule has 176 valence electrons. The molecule has 3 atom stereocenters. The second-order valence-corrected chi connectivity index (χ2v) is 10.0. The van der Waals surface area contributed by atoms with Gasteiger partial charge in [0.2, 0.25) is 0 Å². The largest absolute Gasteiger partial charge is 0.391 e. The standard InChI is InChI=1S/C25H24FN3O4S/c1-16-6-10-21(11-7-16)34(31,32)33-15-20(30)14-24-22-5-3-2-4-17(22)12-18-8-9-19(26)13-23(18)25(24)28-29-27/h2-11,13,20,24-25,30H,12,14-15H2,1H3/t20-,24-,25-/m1/s1. The van der Waals surface area contributed by atoms with Crippen molar-refractivity contribution in [3.8, 4) is 0 Å². The molecule has 0 aromatic heterocycles. The average Bonchev–Trinajstić information content (AvgIpc) is 2.93. The van der Waals surface area contributed by atoms with Crippen LogP contribution >= 0.6 is 0 Å². The topological polar surface area (TPSA) is 112 Å². The van der Waals surface area contributed by atoms with E-state index in [1.54, 1.807) is 18.2 Å². The molecule has 0 unspecified atom stereocenters. The molecular formula is C25H24FN3O4S. The van der Waals surface area contributed by atoms with Gasteiger partial charge in [0.1, 0.15) is 5.82 Å². The smallest absolute Gasteiger partial charge is 0.297 e. The highest BCUT2D eigenvalue weighted by Gasteiger charge is 2.33. The Hall–Kier alpha value is -3.23.